The highest BCUT2D eigenvalue weighted by Gasteiger charge is 2.20. The Morgan fingerprint density at radius 2 is 1.70 bits per heavy atom. The van der Waals surface area contributed by atoms with Crippen LogP contribution in [0.2, 0.25) is 0 Å². The van der Waals surface area contributed by atoms with Crippen LogP contribution in [-0.2, 0) is 0 Å². The number of carbonyl (C=O) groups excluding carboxylic acids is 3. The van der Waals surface area contributed by atoms with E-state index in [1.165, 1.54) is 24.3 Å². The van der Waals surface area contributed by atoms with Crippen LogP contribution in [0.15, 0.2) is 42.5 Å². The topological polar surface area (TPSA) is 84.5 Å². The Morgan fingerprint density at radius 3 is 2.41 bits per heavy atom. The van der Waals surface area contributed by atoms with Gasteiger partial charge in [-0.05, 0) is 42.8 Å². The molecule has 0 fully saturated rings. The van der Waals surface area contributed by atoms with Crippen LogP contribution in [0, 0.1) is 5.82 Å². The highest BCUT2D eigenvalue weighted by atomic mass is 19.1. The fourth-order valence-corrected chi connectivity index (χ4v) is 2.73. The van der Waals surface area contributed by atoms with Gasteiger partial charge >= 0.3 is 0 Å². The van der Waals surface area contributed by atoms with E-state index in [0.29, 0.717) is 49.4 Å². The maximum Gasteiger partial charge on any atom is 0.251 e. The van der Waals surface area contributed by atoms with Crippen molar-refractivity contribution in [1.82, 2.24) is 10.6 Å². The van der Waals surface area contributed by atoms with Crippen molar-refractivity contribution in [3.63, 3.8) is 0 Å². The van der Waals surface area contributed by atoms with Gasteiger partial charge in [0.2, 0.25) is 0 Å². The fourth-order valence-electron chi connectivity index (χ4n) is 2.73. The Labute approximate surface area is 155 Å². The van der Waals surface area contributed by atoms with E-state index in [-0.39, 0.29) is 23.2 Å². The molecule has 0 saturated heterocycles. The summed E-state index contributed by atoms with van der Waals surface area (Å²) in [5.41, 5.74) is 1.06. The Bertz CT molecular complexity index is 882. The highest BCUT2D eigenvalue weighted by molar-refractivity contribution is 6.03. The molecule has 0 spiro atoms. The molecule has 0 aliphatic carbocycles. The van der Waals surface area contributed by atoms with Gasteiger partial charge in [-0.1, -0.05) is 6.07 Å². The second-order valence-corrected chi connectivity index (χ2v) is 6.11. The van der Waals surface area contributed by atoms with E-state index < -0.39 is 5.82 Å². The van der Waals surface area contributed by atoms with E-state index in [2.05, 4.69) is 10.6 Å². The second kappa shape index (κ2) is 8.44. The van der Waals surface area contributed by atoms with Crippen molar-refractivity contribution >= 4 is 17.6 Å². The number of ketones is 1. The zero-order valence-corrected chi connectivity index (χ0v) is 14.6. The third-order valence-corrected chi connectivity index (χ3v) is 4.14. The van der Waals surface area contributed by atoms with Crippen LogP contribution in [0.4, 0.5) is 4.39 Å². The number of benzene rings is 2. The number of carbonyl (C=O) groups is 3. The van der Waals surface area contributed by atoms with Gasteiger partial charge in [0.05, 0.1) is 12.2 Å². The van der Waals surface area contributed by atoms with E-state index in [1.807, 2.05) is 0 Å². The van der Waals surface area contributed by atoms with Gasteiger partial charge in [0.1, 0.15) is 11.6 Å². The summed E-state index contributed by atoms with van der Waals surface area (Å²) in [6.45, 7) is 1.05. The molecule has 2 aromatic carbocycles. The molecule has 0 unspecified atom stereocenters. The zero-order valence-electron chi connectivity index (χ0n) is 14.6. The predicted octanol–water partition coefficient (Wildman–Crippen LogP) is 2.34. The highest BCUT2D eigenvalue weighted by Crippen LogP contribution is 2.25. The van der Waals surface area contributed by atoms with Crippen molar-refractivity contribution < 1.29 is 23.5 Å². The predicted molar refractivity (Wildman–Crippen MR) is 96.6 cm³/mol. The van der Waals surface area contributed by atoms with Crippen molar-refractivity contribution in [3.05, 3.63) is 65.0 Å². The standard InChI is InChI=1S/C20H19FN2O4/c21-15-4-1-3-13(11-15)19(25)22-8-2-9-23-20(26)14-5-6-18-16(12-14)17(24)7-10-27-18/h1,3-6,11-12H,2,7-10H2,(H,22,25)(H,23,26). The number of amides is 2. The van der Waals surface area contributed by atoms with Crippen molar-refractivity contribution in [2.75, 3.05) is 19.7 Å². The molecule has 1 aliphatic heterocycles. The number of hydrogen-bond acceptors (Lipinski definition) is 4. The third kappa shape index (κ3) is 4.69. The second-order valence-electron chi connectivity index (χ2n) is 6.11. The van der Waals surface area contributed by atoms with Crippen LogP contribution >= 0.6 is 0 Å². The number of Topliss-reactive ketones (excluding diaryl/α,β-unsaturated/α-hetero) is 1. The van der Waals surface area contributed by atoms with E-state index in [4.69, 9.17) is 4.74 Å². The minimum atomic E-state index is -0.469. The number of fused-ring (bicyclic) bond motifs is 1. The SMILES string of the molecule is O=C(NCCCNC(=O)c1ccc2c(c1)C(=O)CCO2)c1cccc(F)c1. The molecule has 2 aromatic rings. The summed E-state index contributed by atoms with van der Waals surface area (Å²) in [6.07, 6.45) is 0.822. The first-order valence-corrected chi connectivity index (χ1v) is 8.66. The minimum absolute atomic E-state index is 0.0361. The van der Waals surface area contributed by atoms with E-state index in [0.717, 1.165) is 6.07 Å². The van der Waals surface area contributed by atoms with Crippen molar-refractivity contribution in [2.24, 2.45) is 0 Å². The van der Waals surface area contributed by atoms with Gasteiger partial charge in [-0.25, -0.2) is 4.39 Å². The summed E-state index contributed by atoms with van der Waals surface area (Å²) in [5.74, 6) is -0.667. The lowest BCUT2D eigenvalue weighted by Gasteiger charge is -2.16. The number of hydrogen-bond donors (Lipinski definition) is 2. The van der Waals surface area contributed by atoms with Gasteiger partial charge in [0.15, 0.2) is 5.78 Å². The summed E-state index contributed by atoms with van der Waals surface area (Å²) in [5, 5.41) is 5.41. The van der Waals surface area contributed by atoms with Gasteiger partial charge in [-0.15, -0.1) is 0 Å². The van der Waals surface area contributed by atoms with Crippen LogP contribution in [0.5, 0.6) is 5.75 Å². The summed E-state index contributed by atoms with van der Waals surface area (Å²) >= 11 is 0. The lowest BCUT2D eigenvalue weighted by Crippen LogP contribution is -2.30. The van der Waals surface area contributed by atoms with Crippen LogP contribution in [-0.4, -0.2) is 37.3 Å². The van der Waals surface area contributed by atoms with Crippen molar-refractivity contribution in [3.8, 4) is 5.75 Å². The molecule has 0 saturated carbocycles. The molecule has 0 radical (unpaired) electrons. The quantitative estimate of drug-likeness (QED) is 0.765. The Kier molecular flexibility index (Phi) is 5.80. The first-order valence-electron chi connectivity index (χ1n) is 8.66. The van der Waals surface area contributed by atoms with Gasteiger partial charge in [-0.3, -0.25) is 14.4 Å². The molecular formula is C20H19FN2O4. The molecule has 0 bridgehead atoms. The molecule has 0 aromatic heterocycles. The molecular weight excluding hydrogens is 351 g/mol. The number of ether oxygens (including phenoxy) is 1. The molecule has 2 amide bonds. The van der Waals surface area contributed by atoms with Crippen molar-refractivity contribution in [1.29, 1.82) is 0 Å². The average Bonchev–Trinajstić information content (AvgIpc) is 2.67. The lowest BCUT2D eigenvalue weighted by molar-refractivity contribution is 0.0930. The monoisotopic (exact) mass is 370 g/mol. The molecule has 27 heavy (non-hydrogen) atoms. The van der Waals surface area contributed by atoms with E-state index >= 15 is 0 Å². The maximum atomic E-state index is 13.1. The summed E-state index contributed by atoms with van der Waals surface area (Å²) < 4.78 is 18.5. The van der Waals surface area contributed by atoms with E-state index in [9.17, 15) is 18.8 Å². The van der Waals surface area contributed by atoms with Crippen LogP contribution in [0.25, 0.3) is 0 Å². The van der Waals surface area contributed by atoms with Crippen LogP contribution in [0.3, 0.4) is 0 Å². The van der Waals surface area contributed by atoms with Crippen molar-refractivity contribution in [2.45, 2.75) is 12.8 Å². The third-order valence-electron chi connectivity index (χ3n) is 4.14. The number of halogens is 1. The Morgan fingerprint density at radius 1 is 1.00 bits per heavy atom. The van der Waals surface area contributed by atoms with Crippen LogP contribution < -0.4 is 15.4 Å². The minimum Gasteiger partial charge on any atom is -0.492 e. The smallest absolute Gasteiger partial charge is 0.251 e. The molecule has 0 atom stereocenters. The normalized spacial score (nSPS) is 12.7. The first-order chi connectivity index (χ1) is 13.0. The van der Waals surface area contributed by atoms with Gasteiger partial charge in [0, 0.05) is 30.6 Å². The van der Waals surface area contributed by atoms with Gasteiger partial charge in [-0.2, -0.15) is 0 Å². The first kappa shape index (κ1) is 18.6. The molecule has 2 N–H and O–H groups in total. The van der Waals surface area contributed by atoms with E-state index in [1.54, 1.807) is 12.1 Å². The fraction of sp³-hybridized carbons (Fsp3) is 0.250. The zero-order chi connectivity index (χ0) is 19.2. The number of rotatable bonds is 6. The molecule has 1 heterocycles. The molecule has 140 valence electrons. The molecule has 1 aliphatic rings. The number of nitrogens with one attached hydrogen (secondary N) is 2. The molecule has 6 nitrogen and oxygen atoms in total. The summed E-state index contributed by atoms with van der Waals surface area (Å²) in [6, 6.07) is 10.2. The lowest BCUT2D eigenvalue weighted by atomic mass is 10.0. The Hall–Kier alpha value is -3.22. The van der Waals surface area contributed by atoms with Crippen LogP contribution in [0.1, 0.15) is 43.9 Å². The Balaban J connectivity index is 1.44. The molecule has 3 rings (SSSR count). The summed E-state index contributed by atoms with van der Waals surface area (Å²) in [7, 11) is 0. The average molecular weight is 370 g/mol. The largest absolute Gasteiger partial charge is 0.492 e. The van der Waals surface area contributed by atoms with Gasteiger partial charge in [0.25, 0.3) is 11.8 Å². The summed E-state index contributed by atoms with van der Waals surface area (Å²) in [4.78, 5) is 36.0. The maximum absolute atomic E-state index is 13.1. The van der Waals surface area contributed by atoms with Gasteiger partial charge < -0.3 is 15.4 Å². The molecule has 7 heteroatoms.